The van der Waals surface area contributed by atoms with Gasteiger partial charge in [-0.2, -0.15) is 0 Å². The van der Waals surface area contributed by atoms with Crippen molar-refractivity contribution in [3.63, 3.8) is 0 Å². The number of hydrogen-bond donors (Lipinski definition) is 1. The van der Waals surface area contributed by atoms with Gasteiger partial charge < -0.3 is 9.67 Å². The largest absolute Gasteiger partial charge is 0.395 e. The Labute approximate surface area is 94.7 Å². The number of imidazole rings is 1. The Morgan fingerprint density at radius 1 is 1.31 bits per heavy atom. The minimum Gasteiger partial charge on any atom is -0.395 e. The Hall–Kier alpha value is -1.35. The van der Waals surface area contributed by atoms with Crippen LogP contribution >= 0.6 is 0 Å². The van der Waals surface area contributed by atoms with Gasteiger partial charge in [0.2, 0.25) is 0 Å². The van der Waals surface area contributed by atoms with Crippen LogP contribution in [0.3, 0.4) is 0 Å². The smallest absolute Gasteiger partial charge is 0.113 e. The van der Waals surface area contributed by atoms with Crippen molar-refractivity contribution in [3.8, 4) is 0 Å². The summed E-state index contributed by atoms with van der Waals surface area (Å²) in [6.45, 7) is 0.840. The van der Waals surface area contributed by atoms with Crippen LogP contribution in [-0.2, 0) is 6.54 Å². The normalized spacial score (nSPS) is 16.6. The van der Waals surface area contributed by atoms with Crippen LogP contribution in [0.2, 0.25) is 0 Å². The molecule has 0 aliphatic heterocycles. The van der Waals surface area contributed by atoms with Crippen molar-refractivity contribution < 1.29 is 5.11 Å². The topological polar surface area (TPSA) is 38.0 Å². The van der Waals surface area contributed by atoms with Gasteiger partial charge in [-0.3, -0.25) is 0 Å². The molecule has 0 bridgehead atoms. The predicted octanol–water partition coefficient (Wildman–Crippen LogP) is 2.30. The fourth-order valence-corrected chi connectivity index (χ4v) is 2.41. The van der Waals surface area contributed by atoms with Crippen molar-refractivity contribution in [2.75, 3.05) is 6.61 Å². The Kier molecular flexibility index (Phi) is 2.40. The van der Waals surface area contributed by atoms with Gasteiger partial charge in [-0.05, 0) is 25.0 Å². The molecule has 1 aromatic heterocycles. The minimum absolute atomic E-state index is 0.181. The molecule has 0 spiro atoms. The second-order valence-electron chi connectivity index (χ2n) is 4.46. The fraction of sp³-hybridized carbons (Fsp3) is 0.462. The van der Waals surface area contributed by atoms with E-state index < -0.39 is 0 Å². The highest BCUT2D eigenvalue weighted by atomic mass is 16.3. The van der Waals surface area contributed by atoms with Crippen LogP contribution in [0.1, 0.15) is 31.0 Å². The first-order valence-corrected chi connectivity index (χ1v) is 5.96. The van der Waals surface area contributed by atoms with E-state index in [1.54, 1.807) is 0 Å². The van der Waals surface area contributed by atoms with Crippen molar-refractivity contribution in [1.82, 2.24) is 9.55 Å². The van der Waals surface area contributed by atoms with E-state index in [2.05, 4.69) is 10.6 Å². The van der Waals surface area contributed by atoms with Crippen LogP contribution in [0.25, 0.3) is 11.0 Å². The van der Waals surface area contributed by atoms with Gasteiger partial charge in [-0.25, -0.2) is 4.98 Å². The summed E-state index contributed by atoms with van der Waals surface area (Å²) >= 11 is 0. The van der Waals surface area contributed by atoms with Crippen LogP contribution in [0.5, 0.6) is 0 Å². The van der Waals surface area contributed by atoms with Crippen LogP contribution < -0.4 is 0 Å². The highest BCUT2D eigenvalue weighted by Crippen LogP contribution is 2.37. The predicted molar refractivity (Wildman–Crippen MR) is 63.4 cm³/mol. The third kappa shape index (κ3) is 1.43. The highest BCUT2D eigenvalue weighted by Gasteiger charge is 2.25. The molecule has 84 valence electrons. The summed E-state index contributed by atoms with van der Waals surface area (Å²) in [7, 11) is 0. The number of hydrogen-bond acceptors (Lipinski definition) is 2. The molecule has 0 atom stereocenters. The lowest BCUT2D eigenvalue weighted by molar-refractivity contribution is 0.271. The molecule has 0 radical (unpaired) electrons. The number of aromatic nitrogens is 2. The molecule has 16 heavy (non-hydrogen) atoms. The van der Waals surface area contributed by atoms with E-state index in [9.17, 15) is 0 Å². The van der Waals surface area contributed by atoms with Crippen molar-refractivity contribution in [2.24, 2.45) is 0 Å². The zero-order valence-electron chi connectivity index (χ0n) is 9.26. The average molecular weight is 216 g/mol. The number of nitrogens with zero attached hydrogens (tertiary/aromatic N) is 2. The summed E-state index contributed by atoms with van der Waals surface area (Å²) in [6.07, 6.45) is 3.80. The maximum atomic E-state index is 9.15. The van der Waals surface area contributed by atoms with Crippen LogP contribution in [0, 0.1) is 0 Å². The van der Waals surface area contributed by atoms with E-state index in [4.69, 9.17) is 10.1 Å². The van der Waals surface area contributed by atoms with Gasteiger partial charge in [0.15, 0.2) is 0 Å². The first-order chi connectivity index (χ1) is 7.90. The first-order valence-electron chi connectivity index (χ1n) is 5.96. The monoisotopic (exact) mass is 216 g/mol. The van der Waals surface area contributed by atoms with Crippen LogP contribution in [-0.4, -0.2) is 21.3 Å². The Morgan fingerprint density at radius 2 is 2.12 bits per heavy atom. The summed E-state index contributed by atoms with van der Waals surface area (Å²) in [4.78, 5) is 4.71. The van der Waals surface area contributed by atoms with E-state index >= 15 is 0 Å². The number of aliphatic hydroxyl groups is 1. The van der Waals surface area contributed by atoms with E-state index in [1.807, 2.05) is 18.2 Å². The molecule has 0 unspecified atom stereocenters. The minimum atomic E-state index is 0.181. The summed E-state index contributed by atoms with van der Waals surface area (Å²) < 4.78 is 2.18. The molecule has 3 heteroatoms. The summed E-state index contributed by atoms with van der Waals surface area (Å²) in [5, 5.41) is 9.15. The molecule has 1 heterocycles. The van der Waals surface area contributed by atoms with Crippen LogP contribution in [0.15, 0.2) is 24.3 Å². The fourth-order valence-electron chi connectivity index (χ4n) is 2.41. The lowest BCUT2D eigenvalue weighted by Crippen LogP contribution is -2.16. The molecule has 1 fully saturated rings. The maximum Gasteiger partial charge on any atom is 0.113 e. The van der Waals surface area contributed by atoms with Crippen molar-refractivity contribution in [3.05, 3.63) is 30.1 Å². The van der Waals surface area contributed by atoms with E-state index in [0.717, 1.165) is 11.0 Å². The number of benzene rings is 1. The van der Waals surface area contributed by atoms with E-state index in [0.29, 0.717) is 12.5 Å². The zero-order valence-corrected chi connectivity index (χ0v) is 9.26. The summed E-state index contributed by atoms with van der Waals surface area (Å²) in [5.41, 5.74) is 2.20. The zero-order chi connectivity index (χ0) is 11.0. The molecule has 1 aromatic carbocycles. The van der Waals surface area contributed by atoms with E-state index in [-0.39, 0.29) is 6.61 Å². The Morgan fingerprint density at radius 3 is 2.81 bits per heavy atom. The molecule has 1 aliphatic rings. The number of fused-ring (bicyclic) bond motifs is 1. The second kappa shape index (κ2) is 3.91. The molecule has 0 amide bonds. The molecule has 1 aliphatic carbocycles. The van der Waals surface area contributed by atoms with Gasteiger partial charge in [0.05, 0.1) is 17.6 Å². The maximum absolute atomic E-state index is 9.15. The molecule has 0 saturated heterocycles. The van der Waals surface area contributed by atoms with E-state index in [1.165, 1.54) is 25.1 Å². The lowest BCUT2D eigenvalue weighted by atomic mass is 9.85. The molecular weight excluding hydrogens is 200 g/mol. The van der Waals surface area contributed by atoms with Crippen molar-refractivity contribution in [2.45, 2.75) is 31.7 Å². The molecule has 3 nitrogen and oxygen atoms in total. The number of aliphatic hydroxyl groups excluding tert-OH is 1. The molecule has 3 rings (SSSR count). The van der Waals surface area contributed by atoms with Gasteiger partial charge in [0, 0.05) is 12.5 Å². The second-order valence-corrected chi connectivity index (χ2v) is 4.46. The number of para-hydroxylation sites is 2. The third-order valence-electron chi connectivity index (χ3n) is 3.48. The quantitative estimate of drug-likeness (QED) is 0.854. The summed E-state index contributed by atoms with van der Waals surface area (Å²) in [6, 6.07) is 8.18. The highest BCUT2D eigenvalue weighted by molar-refractivity contribution is 5.76. The average Bonchev–Trinajstić information content (AvgIpc) is 2.56. The Balaban J connectivity index is 2.13. The SMILES string of the molecule is OCCn1c(C2CCC2)nc2ccccc21. The third-order valence-corrected chi connectivity index (χ3v) is 3.48. The summed E-state index contributed by atoms with van der Waals surface area (Å²) in [5.74, 6) is 1.78. The molecule has 1 saturated carbocycles. The Bertz CT molecular complexity index is 500. The molecular formula is C13H16N2O. The van der Waals surface area contributed by atoms with Crippen molar-refractivity contribution >= 4 is 11.0 Å². The standard InChI is InChI=1S/C13H16N2O/c16-9-8-15-12-7-2-1-6-11(12)14-13(15)10-4-3-5-10/h1-2,6-7,10,16H,3-5,8-9H2. The molecule has 2 aromatic rings. The molecule has 1 N–H and O–H groups in total. The number of rotatable bonds is 3. The van der Waals surface area contributed by atoms with Gasteiger partial charge in [0.25, 0.3) is 0 Å². The van der Waals surface area contributed by atoms with Gasteiger partial charge in [-0.1, -0.05) is 18.6 Å². The van der Waals surface area contributed by atoms with Gasteiger partial charge in [-0.15, -0.1) is 0 Å². The van der Waals surface area contributed by atoms with Gasteiger partial charge in [0.1, 0.15) is 5.82 Å². The van der Waals surface area contributed by atoms with Crippen molar-refractivity contribution in [1.29, 1.82) is 0 Å². The van der Waals surface area contributed by atoms with Crippen LogP contribution in [0.4, 0.5) is 0 Å². The lowest BCUT2D eigenvalue weighted by Gasteiger charge is -2.25. The van der Waals surface area contributed by atoms with Gasteiger partial charge >= 0.3 is 0 Å². The first kappa shape index (κ1) is 9.85.